The molecule has 1 unspecified atom stereocenters. The van der Waals surface area contributed by atoms with E-state index in [0.717, 1.165) is 35.0 Å². The van der Waals surface area contributed by atoms with Crippen LogP contribution in [-0.4, -0.2) is 0 Å². The molecule has 8 aromatic rings. The van der Waals surface area contributed by atoms with Crippen LogP contribution in [0.4, 0.5) is 17.1 Å². The Balaban J connectivity index is 1.09. The monoisotopic (exact) mass is 613 g/mol. The van der Waals surface area contributed by atoms with E-state index in [1.807, 2.05) is 0 Å². The van der Waals surface area contributed by atoms with E-state index in [0.29, 0.717) is 5.92 Å². The normalized spacial score (nSPS) is 15.0. The van der Waals surface area contributed by atoms with Crippen LogP contribution < -0.4 is 9.64 Å². The summed E-state index contributed by atoms with van der Waals surface area (Å²) in [5.74, 6) is 2.36. The minimum Gasteiger partial charge on any atom is -0.461 e. The lowest BCUT2D eigenvalue weighted by atomic mass is 9.90. The Morgan fingerprint density at radius 1 is 0.521 bits per heavy atom. The van der Waals surface area contributed by atoms with Crippen LogP contribution in [0.1, 0.15) is 17.9 Å². The van der Waals surface area contributed by atoms with Crippen molar-refractivity contribution in [2.45, 2.75) is 12.3 Å². The standard InChI is InChI=1S/C46H31NO/c1-2-12-35(13-3-1)47(37-24-20-32-27-43-40-16-8-9-17-44(40)48-45(43)29-34(32)26-37)36-22-18-31(19-23-36)42-28-33-11-5-7-15-39(33)46-38-14-6-4-10-30(38)21-25-41(42)46/h1-15,17-29,40H,16H2. The number of benzene rings is 8. The molecule has 0 spiro atoms. The van der Waals surface area contributed by atoms with Gasteiger partial charge in [0.2, 0.25) is 0 Å². The van der Waals surface area contributed by atoms with Crippen molar-refractivity contribution in [2.75, 3.05) is 4.90 Å². The molecule has 2 nitrogen and oxygen atoms in total. The maximum absolute atomic E-state index is 6.32. The molecule has 0 amide bonds. The van der Waals surface area contributed by atoms with Crippen molar-refractivity contribution < 1.29 is 4.74 Å². The summed E-state index contributed by atoms with van der Waals surface area (Å²) in [4.78, 5) is 2.34. The first-order valence-electron chi connectivity index (χ1n) is 16.7. The van der Waals surface area contributed by atoms with E-state index in [9.17, 15) is 0 Å². The van der Waals surface area contributed by atoms with Crippen LogP contribution in [0.15, 0.2) is 176 Å². The molecule has 1 atom stereocenters. The van der Waals surface area contributed by atoms with Gasteiger partial charge in [-0.15, -0.1) is 0 Å². The maximum Gasteiger partial charge on any atom is 0.131 e. The number of hydrogen-bond acceptors (Lipinski definition) is 2. The van der Waals surface area contributed by atoms with Crippen LogP contribution in [0, 0.1) is 0 Å². The van der Waals surface area contributed by atoms with Gasteiger partial charge >= 0.3 is 0 Å². The number of anilines is 3. The molecule has 1 heterocycles. The average molecular weight is 614 g/mol. The fourth-order valence-electron chi connectivity index (χ4n) is 7.83. The quantitative estimate of drug-likeness (QED) is 0.183. The van der Waals surface area contributed by atoms with Gasteiger partial charge in [0, 0.05) is 28.5 Å². The third-order valence-corrected chi connectivity index (χ3v) is 10.1. The highest BCUT2D eigenvalue weighted by atomic mass is 16.5. The van der Waals surface area contributed by atoms with E-state index in [1.165, 1.54) is 59.8 Å². The molecule has 0 saturated heterocycles. The van der Waals surface area contributed by atoms with Crippen LogP contribution >= 0.6 is 0 Å². The van der Waals surface area contributed by atoms with Crippen molar-refractivity contribution in [2.24, 2.45) is 0 Å². The summed E-state index contributed by atoms with van der Waals surface area (Å²) >= 11 is 0. The minimum atomic E-state index is 0.326. The largest absolute Gasteiger partial charge is 0.461 e. The molecule has 8 aromatic carbocycles. The number of nitrogens with zero attached hydrogens (tertiary/aromatic N) is 1. The zero-order valence-corrected chi connectivity index (χ0v) is 26.3. The predicted octanol–water partition coefficient (Wildman–Crippen LogP) is 12.8. The first kappa shape index (κ1) is 27.0. The van der Waals surface area contributed by atoms with Gasteiger partial charge in [-0.1, -0.05) is 109 Å². The topological polar surface area (TPSA) is 12.5 Å². The number of hydrogen-bond donors (Lipinski definition) is 0. The number of para-hydroxylation sites is 1. The summed E-state index contributed by atoms with van der Waals surface area (Å²) in [6, 6.07) is 55.4. The molecular formula is C46H31NO. The molecule has 0 N–H and O–H groups in total. The molecule has 0 bridgehead atoms. The second-order valence-electron chi connectivity index (χ2n) is 12.9. The van der Waals surface area contributed by atoms with Crippen LogP contribution in [0.3, 0.4) is 0 Å². The molecule has 0 saturated carbocycles. The predicted molar refractivity (Wildman–Crippen MR) is 202 cm³/mol. The zero-order chi connectivity index (χ0) is 31.6. The smallest absolute Gasteiger partial charge is 0.131 e. The fourth-order valence-corrected chi connectivity index (χ4v) is 7.83. The van der Waals surface area contributed by atoms with Gasteiger partial charge in [0.15, 0.2) is 0 Å². The van der Waals surface area contributed by atoms with E-state index in [2.05, 4.69) is 175 Å². The molecule has 0 aromatic heterocycles. The van der Waals surface area contributed by atoms with E-state index in [4.69, 9.17) is 4.74 Å². The highest BCUT2D eigenvalue weighted by molar-refractivity contribution is 6.24. The van der Waals surface area contributed by atoms with Gasteiger partial charge < -0.3 is 9.64 Å². The first-order valence-corrected chi connectivity index (χ1v) is 16.7. The van der Waals surface area contributed by atoms with Crippen LogP contribution in [-0.2, 0) is 0 Å². The Labute approximate surface area is 279 Å². The summed E-state index contributed by atoms with van der Waals surface area (Å²) in [5.41, 5.74) is 7.08. The highest BCUT2D eigenvalue weighted by Gasteiger charge is 2.30. The lowest BCUT2D eigenvalue weighted by Gasteiger charge is -2.26. The zero-order valence-electron chi connectivity index (χ0n) is 26.3. The highest BCUT2D eigenvalue weighted by Crippen LogP contribution is 2.47. The van der Waals surface area contributed by atoms with Crippen molar-refractivity contribution in [3.8, 4) is 16.9 Å². The van der Waals surface area contributed by atoms with Crippen LogP contribution in [0.2, 0.25) is 0 Å². The van der Waals surface area contributed by atoms with Gasteiger partial charge in [0.1, 0.15) is 11.5 Å². The van der Waals surface area contributed by atoms with Crippen LogP contribution in [0.5, 0.6) is 5.75 Å². The van der Waals surface area contributed by atoms with Gasteiger partial charge in [0.25, 0.3) is 0 Å². The minimum absolute atomic E-state index is 0.326. The Morgan fingerprint density at radius 2 is 1.23 bits per heavy atom. The fraction of sp³-hybridized carbons (Fsp3) is 0.0435. The Morgan fingerprint density at radius 3 is 2.08 bits per heavy atom. The summed E-state index contributed by atoms with van der Waals surface area (Å²) < 4.78 is 6.32. The van der Waals surface area contributed by atoms with Crippen LogP contribution in [0.25, 0.3) is 54.2 Å². The third-order valence-electron chi connectivity index (χ3n) is 10.1. The molecule has 226 valence electrons. The molecule has 0 radical (unpaired) electrons. The summed E-state index contributed by atoms with van der Waals surface area (Å²) in [7, 11) is 0. The number of allylic oxidation sites excluding steroid dienone is 4. The van der Waals surface area contributed by atoms with Gasteiger partial charge in [-0.2, -0.15) is 0 Å². The van der Waals surface area contributed by atoms with Crippen molar-refractivity contribution in [1.82, 2.24) is 0 Å². The van der Waals surface area contributed by atoms with E-state index in [-0.39, 0.29) is 0 Å². The summed E-state index contributed by atoms with van der Waals surface area (Å²) in [5, 5.41) is 10.1. The van der Waals surface area contributed by atoms with Crippen molar-refractivity contribution in [1.29, 1.82) is 0 Å². The molecular weight excluding hydrogens is 583 g/mol. The lowest BCUT2D eigenvalue weighted by Crippen LogP contribution is -2.09. The summed E-state index contributed by atoms with van der Waals surface area (Å²) in [6.07, 6.45) is 7.43. The SMILES string of the molecule is C1=CCC2C(=C1)Oc1cc3cc(N(c4ccccc4)c4ccc(-c5cc6ccccc6c6c5ccc5ccccc56)cc4)ccc3cc12. The van der Waals surface area contributed by atoms with Crippen molar-refractivity contribution in [3.05, 3.63) is 181 Å². The van der Waals surface area contributed by atoms with E-state index < -0.39 is 0 Å². The lowest BCUT2D eigenvalue weighted by molar-refractivity contribution is 0.425. The molecule has 0 fully saturated rings. The summed E-state index contributed by atoms with van der Waals surface area (Å²) in [6.45, 7) is 0. The number of rotatable bonds is 4. The Kier molecular flexibility index (Phi) is 6.04. The molecule has 1 aliphatic carbocycles. The first-order chi connectivity index (χ1) is 23.8. The molecule has 1 aliphatic heterocycles. The van der Waals surface area contributed by atoms with E-state index in [1.54, 1.807) is 0 Å². The Hall–Kier alpha value is -6.12. The number of ether oxygens (including phenoxy) is 1. The molecule has 48 heavy (non-hydrogen) atoms. The van der Waals surface area contributed by atoms with Crippen molar-refractivity contribution in [3.63, 3.8) is 0 Å². The molecule has 10 rings (SSSR count). The van der Waals surface area contributed by atoms with Gasteiger partial charge in [-0.3, -0.25) is 0 Å². The van der Waals surface area contributed by atoms with Gasteiger partial charge in [-0.25, -0.2) is 0 Å². The van der Waals surface area contributed by atoms with Crippen molar-refractivity contribution >= 4 is 60.2 Å². The van der Waals surface area contributed by atoms with Gasteiger partial charge in [0.05, 0.1) is 0 Å². The second kappa shape index (κ2) is 10.7. The van der Waals surface area contributed by atoms with Gasteiger partial charge in [-0.05, 0) is 121 Å². The second-order valence-corrected chi connectivity index (χ2v) is 12.9. The molecule has 2 heteroatoms. The Bertz CT molecular complexity index is 2600. The van der Waals surface area contributed by atoms with E-state index >= 15 is 0 Å². The molecule has 2 aliphatic rings. The average Bonchev–Trinajstić information content (AvgIpc) is 3.51. The third kappa shape index (κ3) is 4.27. The number of fused-ring (bicyclic) bond motifs is 9. The maximum atomic E-state index is 6.32.